The molecule has 4 aromatic rings. The summed E-state index contributed by atoms with van der Waals surface area (Å²) in [6, 6.07) is 5.23. The molecule has 3 aromatic heterocycles. The minimum absolute atomic E-state index is 0.0852. The summed E-state index contributed by atoms with van der Waals surface area (Å²) in [7, 11) is 0. The maximum Gasteiger partial charge on any atom is 0.343 e. The van der Waals surface area contributed by atoms with Crippen LogP contribution in [0.4, 0.5) is 0 Å². The van der Waals surface area contributed by atoms with Crippen LogP contribution in [0.1, 0.15) is 35.6 Å². The molecule has 0 radical (unpaired) electrons. The molecule has 32 heavy (non-hydrogen) atoms. The highest BCUT2D eigenvalue weighted by Crippen LogP contribution is 2.42. The van der Waals surface area contributed by atoms with Gasteiger partial charge in [-0.2, -0.15) is 0 Å². The molecule has 0 bridgehead atoms. The molecule has 0 amide bonds. The lowest BCUT2D eigenvalue weighted by atomic mass is 9.86. The zero-order valence-electron chi connectivity index (χ0n) is 17.1. The average molecular weight is 452 g/mol. The van der Waals surface area contributed by atoms with Gasteiger partial charge in [-0.05, 0) is 30.2 Å². The topological polar surface area (TPSA) is 121 Å². The van der Waals surface area contributed by atoms with E-state index in [1.165, 1.54) is 0 Å². The highest BCUT2D eigenvalue weighted by atomic mass is 35.5. The SMILES string of the molecule is CC[C@@]1(O)C(=O)OCc2c1cc1n(c2=O)Cc2c-1nc1cc(Cl)c3occc3c1c2CN. The number of hydrogen-bond donors (Lipinski definition) is 2. The summed E-state index contributed by atoms with van der Waals surface area (Å²) < 4.78 is 12.3. The second-order valence-electron chi connectivity index (χ2n) is 8.14. The molecule has 8 nitrogen and oxygen atoms in total. The number of fused-ring (bicyclic) bond motifs is 7. The van der Waals surface area contributed by atoms with Gasteiger partial charge < -0.3 is 24.6 Å². The minimum atomic E-state index is -1.87. The number of carbonyl (C=O) groups is 1. The number of aliphatic hydroxyl groups is 1. The summed E-state index contributed by atoms with van der Waals surface area (Å²) in [5, 5.41) is 13.1. The van der Waals surface area contributed by atoms with Crippen LogP contribution in [0.2, 0.25) is 5.02 Å². The largest absolute Gasteiger partial charge is 0.463 e. The predicted molar refractivity (Wildman–Crippen MR) is 117 cm³/mol. The van der Waals surface area contributed by atoms with Crippen LogP contribution in [0.5, 0.6) is 0 Å². The molecule has 0 saturated carbocycles. The Labute approximate surface area is 186 Å². The molecule has 9 heteroatoms. The first-order valence-electron chi connectivity index (χ1n) is 10.3. The first-order valence-corrected chi connectivity index (χ1v) is 10.6. The number of ether oxygens (including phenoxy) is 1. The third kappa shape index (κ3) is 2.26. The van der Waals surface area contributed by atoms with Gasteiger partial charge in [0.15, 0.2) is 11.2 Å². The molecule has 2 aliphatic heterocycles. The number of esters is 1. The standard InChI is InChI=1S/C23H18ClN3O5/c1-2-23(30)14-5-17-19-12(8-27(17)21(28)13(14)9-32-22(23)29)11(7-25)18-10-3-4-31-20(10)15(24)6-16(18)26-19/h3-6,30H,2,7-9,25H2,1H3/t23-/m0/s1. The number of aromatic nitrogens is 2. The van der Waals surface area contributed by atoms with E-state index in [1.807, 2.05) is 6.07 Å². The summed E-state index contributed by atoms with van der Waals surface area (Å²) in [4.78, 5) is 30.5. The lowest BCUT2D eigenvalue weighted by Gasteiger charge is -2.31. The van der Waals surface area contributed by atoms with Crippen molar-refractivity contribution in [1.29, 1.82) is 0 Å². The van der Waals surface area contributed by atoms with Gasteiger partial charge in [0.1, 0.15) is 6.61 Å². The van der Waals surface area contributed by atoms with Crippen molar-refractivity contribution >= 4 is 39.4 Å². The Hall–Kier alpha value is -3.20. The quantitative estimate of drug-likeness (QED) is 0.396. The Morgan fingerprint density at radius 2 is 2.12 bits per heavy atom. The molecule has 0 spiro atoms. The van der Waals surface area contributed by atoms with Gasteiger partial charge in [0.2, 0.25) is 0 Å². The van der Waals surface area contributed by atoms with E-state index in [4.69, 9.17) is 31.5 Å². The lowest BCUT2D eigenvalue weighted by molar-refractivity contribution is -0.172. The highest BCUT2D eigenvalue weighted by Gasteiger charge is 2.45. The zero-order chi connectivity index (χ0) is 22.4. The second-order valence-corrected chi connectivity index (χ2v) is 8.55. The third-order valence-electron chi connectivity index (χ3n) is 6.66. The molecular formula is C23H18ClN3O5. The molecule has 6 rings (SSSR count). The number of benzene rings is 1. The van der Waals surface area contributed by atoms with E-state index in [9.17, 15) is 14.7 Å². The summed E-state index contributed by atoms with van der Waals surface area (Å²) >= 11 is 6.41. The molecule has 0 aliphatic carbocycles. The van der Waals surface area contributed by atoms with Crippen molar-refractivity contribution in [2.24, 2.45) is 5.73 Å². The van der Waals surface area contributed by atoms with Crippen LogP contribution in [0.3, 0.4) is 0 Å². The first-order chi connectivity index (χ1) is 15.4. The van der Waals surface area contributed by atoms with Gasteiger partial charge >= 0.3 is 5.97 Å². The van der Waals surface area contributed by atoms with E-state index in [1.54, 1.807) is 29.9 Å². The number of furan rings is 1. The lowest BCUT2D eigenvalue weighted by Crippen LogP contribution is -2.44. The van der Waals surface area contributed by atoms with E-state index < -0.39 is 11.6 Å². The Bertz CT molecular complexity index is 1550. The van der Waals surface area contributed by atoms with Crippen molar-refractivity contribution in [3.8, 4) is 11.4 Å². The van der Waals surface area contributed by atoms with Crippen molar-refractivity contribution in [3.63, 3.8) is 0 Å². The van der Waals surface area contributed by atoms with Crippen LogP contribution in [-0.4, -0.2) is 20.6 Å². The molecule has 1 aromatic carbocycles. The first kappa shape index (κ1) is 19.5. The number of hydrogen-bond acceptors (Lipinski definition) is 7. The Morgan fingerprint density at radius 3 is 2.88 bits per heavy atom. The van der Waals surface area contributed by atoms with Crippen molar-refractivity contribution in [1.82, 2.24) is 9.55 Å². The average Bonchev–Trinajstić information content (AvgIpc) is 3.41. The predicted octanol–water partition coefficient (Wildman–Crippen LogP) is 2.94. The smallest absolute Gasteiger partial charge is 0.343 e. The van der Waals surface area contributed by atoms with Crippen LogP contribution in [0, 0.1) is 0 Å². The number of halogens is 1. The number of cyclic esters (lactones) is 1. The Morgan fingerprint density at radius 1 is 1.31 bits per heavy atom. The number of nitrogens with two attached hydrogens (primary N) is 1. The molecule has 2 aliphatic rings. The van der Waals surface area contributed by atoms with E-state index in [2.05, 4.69) is 0 Å². The summed E-state index contributed by atoms with van der Waals surface area (Å²) in [6.45, 7) is 2.01. The van der Waals surface area contributed by atoms with Gasteiger partial charge in [0, 0.05) is 28.4 Å². The minimum Gasteiger partial charge on any atom is -0.463 e. The van der Waals surface area contributed by atoms with Crippen molar-refractivity contribution < 1.29 is 19.1 Å². The second kappa shape index (κ2) is 6.41. The molecular weight excluding hydrogens is 434 g/mol. The van der Waals surface area contributed by atoms with Gasteiger partial charge in [-0.25, -0.2) is 9.78 Å². The number of carbonyl (C=O) groups excluding carboxylic acids is 1. The van der Waals surface area contributed by atoms with Crippen LogP contribution >= 0.6 is 11.6 Å². The third-order valence-corrected chi connectivity index (χ3v) is 6.94. The van der Waals surface area contributed by atoms with Gasteiger partial charge in [-0.1, -0.05) is 18.5 Å². The van der Waals surface area contributed by atoms with Gasteiger partial charge in [-0.3, -0.25) is 4.79 Å². The highest BCUT2D eigenvalue weighted by molar-refractivity contribution is 6.36. The molecule has 1 atom stereocenters. The van der Waals surface area contributed by atoms with Gasteiger partial charge in [0.25, 0.3) is 5.56 Å². The van der Waals surface area contributed by atoms with Crippen LogP contribution < -0.4 is 11.3 Å². The molecule has 5 heterocycles. The monoisotopic (exact) mass is 451 g/mol. The molecule has 3 N–H and O–H groups in total. The fraction of sp³-hybridized carbons (Fsp3) is 0.261. The van der Waals surface area contributed by atoms with E-state index in [0.29, 0.717) is 27.5 Å². The van der Waals surface area contributed by atoms with E-state index >= 15 is 0 Å². The molecule has 0 fully saturated rings. The number of nitrogens with zero attached hydrogens (tertiary/aromatic N) is 2. The molecule has 0 unspecified atom stereocenters. The van der Waals surface area contributed by atoms with E-state index in [0.717, 1.165) is 21.9 Å². The van der Waals surface area contributed by atoms with Gasteiger partial charge in [-0.15, -0.1) is 0 Å². The van der Waals surface area contributed by atoms with Crippen LogP contribution in [0.25, 0.3) is 33.3 Å². The van der Waals surface area contributed by atoms with Crippen LogP contribution in [0.15, 0.2) is 33.7 Å². The fourth-order valence-electron chi connectivity index (χ4n) is 4.99. The normalized spacial score (nSPS) is 19.2. The zero-order valence-corrected chi connectivity index (χ0v) is 17.8. The summed E-state index contributed by atoms with van der Waals surface area (Å²) in [5.74, 6) is -0.752. The molecule has 162 valence electrons. The van der Waals surface area contributed by atoms with Crippen molar-refractivity contribution in [3.05, 3.63) is 62.1 Å². The Kier molecular flexibility index (Phi) is 3.90. The maximum atomic E-state index is 13.4. The van der Waals surface area contributed by atoms with Crippen molar-refractivity contribution in [2.75, 3.05) is 0 Å². The maximum absolute atomic E-state index is 13.4. The van der Waals surface area contributed by atoms with Crippen molar-refractivity contribution in [2.45, 2.75) is 38.6 Å². The number of rotatable bonds is 2. The van der Waals surface area contributed by atoms with Crippen LogP contribution in [-0.2, 0) is 34.8 Å². The summed E-state index contributed by atoms with van der Waals surface area (Å²) in [6.07, 6.45) is 1.65. The number of pyridine rings is 2. The summed E-state index contributed by atoms with van der Waals surface area (Å²) in [5.41, 5.74) is 8.56. The van der Waals surface area contributed by atoms with E-state index in [-0.39, 0.29) is 42.8 Å². The fourth-order valence-corrected chi connectivity index (χ4v) is 5.24. The van der Waals surface area contributed by atoms with Gasteiger partial charge in [0.05, 0.1) is 40.3 Å². The molecule has 0 saturated heterocycles. The Balaban J connectivity index is 1.71.